The number of ether oxygens (including phenoxy) is 4. The summed E-state index contributed by atoms with van der Waals surface area (Å²) in [5, 5.41) is 9.64. The Morgan fingerprint density at radius 3 is 1.59 bits per heavy atom. The second-order valence-electron chi connectivity index (χ2n) is 16.6. The maximum atomic E-state index is 11.8. The molecule has 0 aliphatic rings. The molecule has 10 N–H and O–H groups in total. The number of nitrogens with zero attached hydrogens (tertiary/aromatic N) is 4. The summed E-state index contributed by atoms with van der Waals surface area (Å²) >= 11 is 4.66. The third-order valence-corrected chi connectivity index (χ3v) is 15.6. The van der Waals surface area contributed by atoms with Gasteiger partial charge in [0, 0.05) is 58.1 Å². The van der Waals surface area contributed by atoms with Gasteiger partial charge in [0.15, 0.2) is 23.0 Å². The predicted molar refractivity (Wildman–Crippen MR) is 288 cm³/mol. The second-order valence-corrected chi connectivity index (χ2v) is 19.9. The Balaban J connectivity index is 0.000000191. The highest BCUT2D eigenvalue weighted by atomic mass is 32.1. The van der Waals surface area contributed by atoms with E-state index in [1.807, 2.05) is 80.6 Å². The number of primary amides is 2. The van der Waals surface area contributed by atoms with Crippen molar-refractivity contribution in [2.75, 3.05) is 44.8 Å². The normalized spacial score (nSPS) is 12.5. The molecule has 5 aromatic heterocycles. The molecule has 0 bridgehead atoms. The molecule has 0 aliphatic heterocycles. The number of hydrogen-bond acceptors (Lipinski definition) is 17. The smallest absolute Gasteiger partial charge is 0.260 e. The van der Waals surface area contributed by atoms with E-state index in [9.17, 15) is 9.59 Å². The Morgan fingerprint density at radius 1 is 0.620 bits per heavy atom. The predicted octanol–water partition coefficient (Wildman–Crippen LogP) is 9.96. The monoisotopic (exact) mass is 1010 g/mol. The van der Waals surface area contributed by atoms with Gasteiger partial charge in [-0.3, -0.25) is 9.59 Å². The maximum absolute atomic E-state index is 11.8. The summed E-state index contributed by atoms with van der Waals surface area (Å²) < 4.78 is 22.8. The van der Waals surface area contributed by atoms with Gasteiger partial charge < -0.3 is 52.5 Å². The van der Waals surface area contributed by atoms with Gasteiger partial charge in [-0.05, 0) is 87.7 Å². The third-order valence-electron chi connectivity index (χ3n) is 11.8. The van der Waals surface area contributed by atoms with E-state index in [0.717, 1.165) is 79.7 Å². The van der Waals surface area contributed by atoms with Gasteiger partial charge in [0.05, 0.1) is 63.3 Å². The van der Waals surface area contributed by atoms with Crippen LogP contribution >= 0.6 is 34.0 Å². The molecule has 366 valence electrons. The summed E-state index contributed by atoms with van der Waals surface area (Å²) in [7, 11) is 6.42. The van der Waals surface area contributed by atoms with Crippen molar-refractivity contribution in [1.29, 1.82) is 0 Å². The zero-order valence-electron chi connectivity index (χ0n) is 40.4. The lowest BCUT2D eigenvalue weighted by Crippen LogP contribution is -2.38. The van der Waals surface area contributed by atoms with Crippen LogP contribution in [0.15, 0.2) is 91.0 Å². The van der Waals surface area contributed by atoms with Gasteiger partial charge >= 0.3 is 0 Å². The number of aromatic nitrogens is 4. The van der Waals surface area contributed by atoms with E-state index >= 15 is 0 Å². The van der Waals surface area contributed by atoms with Gasteiger partial charge in [-0.15, -0.1) is 34.0 Å². The van der Waals surface area contributed by atoms with Gasteiger partial charge in [-0.1, -0.05) is 36.4 Å². The summed E-state index contributed by atoms with van der Waals surface area (Å²) in [6.07, 6.45) is 0.393. The Bertz CT molecular complexity index is 3450. The summed E-state index contributed by atoms with van der Waals surface area (Å²) in [4.78, 5) is 46.5. The molecule has 0 saturated carbocycles. The number of anilines is 3. The number of thiophene rings is 3. The van der Waals surface area contributed by atoms with Crippen molar-refractivity contribution < 1.29 is 28.5 Å². The molecule has 71 heavy (non-hydrogen) atoms. The molecule has 3 unspecified atom stereocenters. The van der Waals surface area contributed by atoms with Crippen LogP contribution in [0, 0.1) is 13.8 Å². The highest BCUT2D eigenvalue weighted by molar-refractivity contribution is 7.22. The van der Waals surface area contributed by atoms with Crippen LogP contribution in [0.25, 0.3) is 52.8 Å². The number of rotatable bonds is 16. The van der Waals surface area contributed by atoms with Crippen LogP contribution in [0.3, 0.4) is 0 Å². The SMILES string of the molecule is COc1cc2nc(C)nc(NC(C)c3ccc(-c4cccc5sc(C(N)=O)c(N)c45)s3)c2cc1OC.COc1cc2nc(C)nc(NC(C)c3ccc(-c4ccccc4CC(N)C(N)=O)s3)c2cc1OC. The standard InChI is InChI=1S/C26H25N5O3S2.C26H29N5O3S/c1-12(29-26-15-10-17(33-3)18(34-4)11-16(15)30-13(2)31-26)19-8-9-20(35-19)14-6-5-7-21-22(14)23(27)24(36-21)25(28)32;1-14(29-26-18-12-21(33-3)22(34-4)13-20(18)30-15(2)31-26)23-9-10-24(35-23)17-8-6-5-7-16(17)11-19(27)25(28)32/h5-12H,27H2,1-4H3,(H2,28,32)(H,29,30,31);5-10,12-14,19H,11,27H2,1-4H3,(H2,28,32)(H,29,30,31). The molecule has 0 radical (unpaired) electrons. The van der Waals surface area contributed by atoms with E-state index in [-0.39, 0.29) is 12.1 Å². The van der Waals surface area contributed by atoms with Gasteiger partial charge in [-0.25, -0.2) is 19.9 Å². The molecule has 4 aromatic carbocycles. The topological polar surface area (TPSA) is 251 Å². The molecular weight excluding hydrogens is 957 g/mol. The molecule has 3 atom stereocenters. The van der Waals surface area contributed by atoms with Crippen molar-refractivity contribution in [1.82, 2.24) is 19.9 Å². The number of aryl methyl sites for hydroxylation is 2. The van der Waals surface area contributed by atoms with E-state index < -0.39 is 17.9 Å². The van der Waals surface area contributed by atoms with Gasteiger partial charge in [0.25, 0.3) is 5.91 Å². The molecule has 16 nitrogen and oxygen atoms in total. The van der Waals surface area contributed by atoms with Crippen LogP contribution in [0.2, 0.25) is 0 Å². The lowest BCUT2D eigenvalue weighted by atomic mass is 9.99. The minimum absolute atomic E-state index is 0.0145. The number of nitrogens with one attached hydrogen (secondary N) is 2. The molecule has 9 rings (SSSR count). The number of methoxy groups -OCH3 is 4. The maximum Gasteiger partial charge on any atom is 0.260 e. The molecule has 0 aliphatic carbocycles. The highest BCUT2D eigenvalue weighted by Gasteiger charge is 2.22. The molecule has 0 spiro atoms. The average molecular weight is 1010 g/mol. The number of fused-ring (bicyclic) bond motifs is 3. The van der Waals surface area contributed by atoms with Crippen LogP contribution in [0.4, 0.5) is 17.3 Å². The van der Waals surface area contributed by atoms with Crippen molar-refractivity contribution in [2.45, 2.75) is 52.2 Å². The van der Waals surface area contributed by atoms with Crippen molar-refractivity contribution in [2.24, 2.45) is 17.2 Å². The lowest BCUT2D eigenvalue weighted by molar-refractivity contribution is -0.119. The number of nitrogen functional groups attached to an aromatic ring is 1. The summed E-state index contributed by atoms with van der Waals surface area (Å²) in [6, 6.07) is 29.0. The molecular formula is C52H54N10O6S3. The first kappa shape index (κ1) is 49.8. The first-order valence-electron chi connectivity index (χ1n) is 22.4. The summed E-state index contributed by atoms with van der Waals surface area (Å²) in [6.45, 7) is 7.91. The van der Waals surface area contributed by atoms with Crippen molar-refractivity contribution in [3.05, 3.63) is 123 Å². The van der Waals surface area contributed by atoms with Crippen LogP contribution in [0.1, 0.15) is 62.6 Å². The molecule has 2 amide bonds. The van der Waals surface area contributed by atoms with E-state index in [1.165, 1.54) is 11.3 Å². The third kappa shape index (κ3) is 10.5. The number of carbonyl (C=O) groups excluding carboxylic acids is 2. The Labute approximate surface area is 422 Å². The summed E-state index contributed by atoms with van der Waals surface area (Å²) in [5.74, 6) is 4.21. The first-order valence-corrected chi connectivity index (χ1v) is 24.8. The van der Waals surface area contributed by atoms with Crippen molar-refractivity contribution in [3.8, 4) is 43.9 Å². The molecule has 19 heteroatoms. The van der Waals surface area contributed by atoms with Crippen LogP contribution in [-0.2, 0) is 11.2 Å². The first-order chi connectivity index (χ1) is 34.1. The van der Waals surface area contributed by atoms with Gasteiger partial charge in [0.1, 0.15) is 28.2 Å². The Hall–Kier alpha value is -7.58. The molecule has 9 aromatic rings. The Morgan fingerprint density at radius 2 is 1.10 bits per heavy atom. The minimum Gasteiger partial charge on any atom is -0.493 e. The lowest BCUT2D eigenvalue weighted by Gasteiger charge is -2.17. The van der Waals surface area contributed by atoms with Gasteiger partial charge in [-0.2, -0.15) is 0 Å². The fourth-order valence-electron chi connectivity index (χ4n) is 8.21. The number of benzene rings is 4. The average Bonchev–Trinajstić information content (AvgIpc) is 4.14. The molecule has 0 saturated heterocycles. The number of amides is 2. The number of hydrogen-bond donors (Lipinski definition) is 6. The summed E-state index contributed by atoms with van der Waals surface area (Å²) in [5.41, 5.74) is 28.2. The van der Waals surface area contributed by atoms with E-state index in [4.69, 9.17) is 41.9 Å². The van der Waals surface area contributed by atoms with Crippen LogP contribution in [-0.4, -0.2) is 66.2 Å². The fourth-order valence-corrected chi connectivity index (χ4v) is 11.3. The molecule has 0 fully saturated rings. The minimum atomic E-state index is -0.721. The van der Waals surface area contributed by atoms with Crippen LogP contribution in [0.5, 0.6) is 23.0 Å². The fraction of sp³-hybridized carbons (Fsp3) is 0.231. The molecule has 5 heterocycles. The van der Waals surface area contributed by atoms with Crippen molar-refractivity contribution in [3.63, 3.8) is 0 Å². The number of nitrogens with two attached hydrogens (primary N) is 4. The quantitative estimate of drug-likeness (QED) is 0.0527. The highest BCUT2D eigenvalue weighted by Crippen LogP contribution is 2.44. The largest absolute Gasteiger partial charge is 0.493 e. The Kier molecular flexibility index (Phi) is 14.9. The zero-order chi connectivity index (χ0) is 50.7. The van der Waals surface area contributed by atoms with E-state index in [2.05, 4.69) is 68.7 Å². The van der Waals surface area contributed by atoms with Gasteiger partial charge in [0.2, 0.25) is 5.91 Å². The van der Waals surface area contributed by atoms with E-state index in [0.29, 0.717) is 51.6 Å². The zero-order valence-corrected chi connectivity index (χ0v) is 42.8. The second kappa shape index (κ2) is 21.2. The van der Waals surface area contributed by atoms with E-state index in [1.54, 1.807) is 51.1 Å². The van der Waals surface area contributed by atoms with Crippen LogP contribution < -0.4 is 52.5 Å². The number of carbonyl (C=O) groups is 2. The van der Waals surface area contributed by atoms with Crippen molar-refractivity contribution >= 4 is 95.0 Å².